The average Bonchev–Trinajstić information content (AvgIpc) is 2.68. The average molecular weight is 263 g/mol. The van der Waals surface area contributed by atoms with Gasteiger partial charge in [0, 0.05) is 21.5 Å². The van der Waals surface area contributed by atoms with Gasteiger partial charge in [-0.05, 0) is 32.4 Å². The van der Waals surface area contributed by atoms with E-state index >= 15 is 0 Å². The van der Waals surface area contributed by atoms with Gasteiger partial charge in [-0.2, -0.15) is 4.98 Å². The number of nitrogen functional groups attached to an aromatic ring is 1. The first kappa shape index (κ1) is 12.8. The van der Waals surface area contributed by atoms with Crippen LogP contribution in [0, 0.1) is 20.8 Å². The highest BCUT2D eigenvalue weighted by Gasteiger charge is 2.05. The molecule has 2 heterocycles. The molecule has 0 aliphatic rings. The zero-order valence-corrected chi connectivity index (χ0v) is 11.6. The summed E-state index contributed by atoms with van der Waals surface area (Å²) in [5.74, 6) is 6.52. The smallest absolute Gasteiger partial charge is 0.239 e. The van der Waals surface area contributed by atoms with Crippen molar-refractivity contribution in [1.29, 1.82) is 0 Å². The van der Waals surface area contributed by atoms with E-state index in [2.05, 4.69) is 40.6 Å². The molecule has 0 spiro atoms. The standard InChI is InChI=1S/C12H17N5S/c1-7-4-10(18-9(7)3)6-14-11-8(2)5-15-12(16-11)17-13/h4-5H,6,13H2,1-3H3,(H2,14,15,16,17). The number of hydrogen-bond donors (Lipinski definition) is 3. The van der Waals surface area contributed by atoms with Gasteiger partial charge in [0.25, 0.3) is 0 Å². The van der Waals surface area contributed by atoms with Gasteiger partial charge in [0.15, 0.2) is 0 Å². The van der Waals surface area contributed by atoms with Crippen LogP contribution in [0.3, 0.4) is 0 Å². The summed E-state index contributed by atoms with van der Waals surface area (Å²) in [5.41, 5.74) is 4.78. The molecule has 18 heavy (non-hydrogen) atoms. The molecule has 6 heteroatoms. The minimum atomic E-state index is 0.418. The molecule has 0 aliphatic heterocycles. The number of nitrogens with zero attached hydrogens (tertiary/aromatic N) is 2. The van der Waals surface area contributed by atoms with Crippen molar-refractivity contribution in [3.63, 3.8) is 0 Å². The van der Waals surface area contributed by atoms with Crippen LogP contribution in [-0.2, 0) is 6.54 Å². The Morgan fingerprint density at radius 3 is 2.67 bits per heavy atom. The van der Waals surface area contributed by atoms with Crippen LogP contribution in [0.25, 0.3) is 0 Å². The number of hydrazine groups is 1. The van der Waals surface area contributed by atoms with E-state index in [0.717, 1.165) is 17.9 Å². The Labute approximate surface area is 110 Å². The number of nitrogens with two attached hydrogens (primary N) is 1. The van der Waals surface area contributed by atoms with E-state index in [1.54, 1.807) is 17.5 Å². The first-order valence-electron chi connectivity index (χ1n) is 5.70. The third kappa shape index (κ3) is 2.77. The third-order valence-corrected chi connectivity index (χ3v) is 3.90. The van der Waals surface area contributed by atoms with Crippen LogP contribution in [0.15, 0.2) is 12.3 Å². The van der Waals surface area contributed by atoms with Crippen molar-refractivity contribution >= 4 is 23.1 Å². The molecule has 0 aromatic carbocycles. The summed E-state index contributed by atoms with van der Waals surface area (Å²) in [6, 6.07) is 2.20. The number of aromatic nitrogens is 2. The number of hydrogen-bond acceptors (Lipinski definition) is 6. The quantitative estimate of drug-likeness (QED) is 0.583. The molecule has 0 saturated heterocycles. The normalized spacial score (nSPS) is 10.4. The van der Waals surface area contributed by atoms with E-state index in [9.17, 15) is 0 Å². The number of aryl methyl sites for hydroxylation is 3. The molecule has 0 unspecified atom stereocenters. The van der Waals surface area contributed by atoms with Crippen molar-refractivity contribution in [3.05, 3.63) is 33.1 Å². The van der Waals surface area contributed by atoms with Gasteiger partial charge in [-0.25, -0.2) is 10.8 Å². The molecule has 0 radical (unpaired) electrons. The molecule has 0 saturated carbocycles. The van der Waals surface area contributed by atoms with E-state index in [1.165, 1.54) is 15.3 Å². The minimum absolute atomic E-state index is 0.418. The van der Waals surface area contributed by atoms with E-state index in [1.807, 2.05) is 6.92 Å². The predicted molar refractivity (Wildman–Crippen MR) is 75.7 cm³/mol. The maximum atomic E-state index is 5.30. The Hall–Kier alpha value is -1.66. The van der Waals surface area contributed by atoms with Gasteiger partial charge in [0.05, 0.1) is 6.54 Å². The Morgan fingerprint density at radius 2 is 2.06 bits per heavy atom. The molecule has 0 amide bonds. The van der Waals surface area contributed by atoms with Crippen LogP contribution in [0.4, 0.5) is 11.8 Å². The van der Waals surface area contributed by atoms with Crippen molar-refractivity contribution in [3.8, 4) is 0 Å². The largest absolute Gasteiger partial charge is 0.365 e. The fourth-order valence-corrected chi connectivity index (χ4v) is 2.59. The summed E-state index contributed by atoms with van der Waals surface area (Å²) in [4.78, 5) is 11.0. The summed E-state index contributed by atoms with van der Waals surface area (Å²) in [7, 11) is 0. The Kier molecular flexibility index (Phi) is 3.78. The summed E-state index contributed by atoms with van der Waals surface area (Å²) in [5, 5.41) is 3.31. The first-order chi connectivity index (χ1) is 8.60. The van der Waals surface area contributed by atoms with Crippen LogP contribution in [0.5, 0.6) is 0 Å². The molecule has 0 aliphatic carbocycles. The molecule has 96 valence electrons. The summed E-state index contributed by atoms with van der Waals surface area (Å²) in [6.07, 6.45) is 1.75. The predicted octanol–water partition coefficient (Wildman–Crippen LogP) is 2.36. The molecule has 0 bridgehead atoms. The fraction of sp³-hybridized carbons (Fsp3) is 0.333. The van der Waals surface area contributed by atoms with Gasteiger partial charge in [0.2, 0.25) is 5.95 Å². The monoisotopic (exact) mass is 263 g/mol. The number of nitrogens with one attached hydrogen (secondary N) is 2. The van der Waals surface area contributed by atoms with E-state index in [0.29, 0.717) is 5.95 Å². The molecule has 5 nitrogen and oxygen atoms in total. The van der Waals surface area contributed by atoms with Crippen LogP contribution >= 0.6 is 11.3 Å². The second-order valence-electron chi connectivity index (χ2n) is 4.18. The zero-order chi connectivity index (χ0) is 13.1. The number of anilines is 2. The lowest BCUT2D eigenvalue weighted by Crippen LogP contribution is -2.12. The van der Waals surface area contributed by atoms with Crippen molar-refractivity contribution in [2.24, 2.45) is 5.84 Å². The summed E-state index contributed by atoms with van der Waals surface area (Å²) < 4.78 is 0. The van der Waals surface area contributed by atoms with Gasteiger partial charge in [-0.15, -0.1) is 11.3 Å². The highest BCUT2D eigenvalue weighted by Crippen LogP contribution is 2.22. The Morgan fingerprint density at radius 1 is 1.28 bits per heavy atom. The molecule has 2 aromatic heterocycles. The van der Waals surface area contributed by atoms with Crippen molar-refractivity contribution in [2.45, 2.75) is 27.3 Å². The van der Waals surface area contributed by atoms with E-state index in [-0.39, 0.29) is 0 Å². The Bertz CT molecular complexity index is 530. The van der Waals surface area contributed by atoms with Crippen LogP contribution in [0.2, 0.25) is 0 Å². The number of rotatable bonds is 4. The van der Waals surface area contributed by atoms with Gasteiger partial charge in [-0.1, -0.05) is 0 Å². The molecular formula is C12H17N5S. The van der Waals surface area contributed by atoms with Gasteiger partial charge < -0.3 is 5.32 Å². The second-order valence-corrected chi connectivity index (χ2v) is 5.52. The lowest BCUT2D eigenvalue weighted by Gasteiger charge is -2.08. The topological polar surface area (TPSA) is 75.9 Å². The number of thiophene rings is 1. The fourth-order valence-electron chi connectivity index (χ4n) is 1.60. The van der Waals surface area contributed by atoms with Crippen molar-refractivity contribution in [1.82, 2.24) is 9.97 Å². The van der Waals surface area contributed by atoms with Crippen LogP contribution in [-0.4, -0.2) is 9.97 Å². The SMILES string of the molecule is Cc1cnc(NN)nc1NCc1cc(C)c(C)s1. The molecule has 2 rings (SSSR count). The van der Waals surface area contributed by atoms with Crippen molar-refractivity contribution < 1.29 is 0 Å². The highest BCUT2D eigenvalue weighted by molar-refractivity contribution is 7.12. The molecule has 0 atom stereocenters. The minimum Gasteiger partial charge on any atom is -0.365 e. The van der Waals surface area contributed by atoms with Gasteiger partial charge >= 0.3 is 0 Å². The summed E-state index contributed by atoms with van der Waals surface area (Å²) >= 11 is 1.80. The summed E-state index contributed by atoms with van der Waals surface area (Å²) in [6.45, 7) is 6.99. The van der Waals surface area contributed by atoms with Gasteiger partial charge in [-0.3, -0.25) is 5.43 Å². The van der Waals surface area contributed by atoms with Gasteiger partial charge in [0.1, 0.15) is 5.82 Å². The first-order valence-corrected chi connectivity index (χ1v) is 6.52. The molecular weight excluding hydrogens is 246 g/mol. The Balaban J connectivity index is 2.10. The molecule has 0 fully saturated rings. The second kappa shape index (κ2) is 5.32. The maximum absolute atomic E-state index is 5.30. The lowest BCUT2D eigenvalue weighted by molar-refractivity contribution is 1.06. The maximum Gasteiger partial charge on any atom is 0.239 e. The van der Waals surface area contributed by atoms with Crippen LogP contribution in [0.1, 0.15) is 20.9 Å². The van der Waals surface area contributed by atoms with Crippen molar-refractivity contribution in [2.75, 3.05) is 10.7 Å². The zero-order valence-electron chi connectivity index (χ0n) is 10.7. The third-order valence-electron chi connectivity index (χ3n) is 2.75. The highest BCUT2D eigenvalue weighted by atomic mass is 32.1. The van der Waals surface area contributed by atoms with Crippen LogP contribution < -0.4 is 16.6 Å². The van der Waals surface area contributed by atoms with E-state index in [4.69, 9.17) is 5.84 Å². The van der Waals surface area contributed by atoms with E-state index < -0.39 is 0 Å². The molecule has 2 aromatic rings. The molecule has 4 N–H and O–H groups in total. The lowest BCUT2D eigenvalue weighted by atomic mass is 10.3.